The Hall–Kier alpha value is -2.24. The summed E-state index contributed by atoms with van der Waals surface area (Å²) >= 11 is 0. The van der Waals surface area contributed by atoms with Crippen LogP contribution in [0.4, 0.5) is 10.5 Å². The van der Waals surface area contributed by atoms with E-state index in [-0.39, 0.29) is 17.7 Å². The molecule has 0 aromatic heterocycles. The highest BCUT2D eigenvalue weighted by Crippen LogP contribution is 2.42. The maximum atomic E-state index is 11.2. The Morgan fingerprint density at radius 2 is 1.62 bits per heavy atom. The lowest BCUT2D eigenvalue weighted by Gasteiger charge is -2.49. The first-order valence-corrected chi connectivity index (χ1v) is 10.8. The van der Waals surface area contributed by atoms with Crippen molar-refractivity contribution < 1.29 is 14.7 Å². The standard InChI is InChI=1S/C23H35N3O3/c1-23(2,3)20-15-18(17-8-11-25(12-9-17)22(28)29)10-13-26(20)19-6-4-16(5-7-19)14-21(24)27/h4-7,17-18,20H,8-15H2,1-3H3,(H2,24,27)(H,28,29). The number of primary amides is 1. The third kappa shape index (κ3) is 5.22. The summed E-state index contributed by atoms with van der Waals surface area (Å²) in [5.74, 6) is 0.969. The first-order chi connectivity index (χ1) is 13.6. The van der Waals surface area contributed by atoms with Gasteiger partial charge in [-0.3, -0.25) is 4.79 Å². The van der Waals surface area contributed by atoms with Gasteiger partial charge in [-0.15, -0.1) is 0 Å². The van der Waals surface area contributed by atoms with Crippen LogP contribution in [0, 0.1) is 17.3 Å². The maximum Gasteiger partial charge on any atom is 0.407 e. The van der Waals surface area contributed by atoms with Crippen LogP contribution in [0.3, 0.4) is 0 Å². The number of likely N-dealkylation sites (tertiary alicyclic amines) is 1. The van der Waals surface area contributed by atoms with E-state index >= 15 is 0 Å². The van der Waals surface area contributed by atoms with Gasteiger partial charge >= 0.3 is 6.09 Å². The third-order valence-corrected chi connectivity index (χ3v) is 6.77. The minimum absolute atomic E-state index is 0.145. The Morgan fingerprint density at radius 3 is 2.14 bits per heavy atom. The van der Waals surface area contributed by atoms with Crippen LogP contribution in [0.15, 0.2) is 24.3 Å². The number of nitrogens with two attached hydrogens (primary N) is 1. The second-order valence-electron chi connectivity index (χ2n) is 9.78. The van der Waals surface area contributed by atoms with Crippen molar-refractivity contribution in [3.63, 3.8) is 0 Å². The highest BCUT2D eigenvalue weighted by Gasteiger charge is 2.39. The summed E-state index contributed by atoms with van der Waals surface area (Å²) in [5, 5.41) is 9.21. The summed E-state index contributed by atoms with van der Waals surface area (Å²) in [7, 11) is 0. The van der Waals surface area contributed by atoms with Gasteiger partial charge in [-0.05, 0) is 60.6 Å². The van der Waals surface area contributed by atoms with Gasteiger partial charge in [0.15, 0.2) is 0 Å². The minimum atomic E-state index is -0.786. The molecule has 6 heteroatoms. The number of hydrogen-bond acceptors (Lipinski definition) is 3. The molecule has 0 bridgehead atoms. The van der Waals surface area contributed by atoms with Crippen molar-refractivity contribution in [2.24, 2.45) is 23.0 Å². The average molecular weight is 402 g/mol. The van der Waals surface area contributed by atoms with E-state index in [2.05, 4.69) is 37.8 Å². The van der Waals surface area contributed by atoms with Gasteiger partial charge in [-0.2, -0.15) is 0 Å². The molecule has 0 saturated carbocycles. The van der Waals surface area contributed by atoms with Crippen LogP contribution in [0.25, 0.3) is 0 Å². The van der Waals surface area contributed by atoms with Crippen LogP contribution in [-0.2, 0) is 11.2 Å². The molecule has 3 rings (SSSR count). The van der Waals surface area contributed by atoms with Crippen molar-refractivity contribution in [1.29, 1.82) is 0 Å². The van der Waals surface area contributed by atoms with Gasteiger partial charge in [0, 0.05) is 31.4 Å². The van der Waals surface area contributed by atoms with Gasteiger partial charge in [-0.25, -0.2) is 4.79 Å². The number of benzene rings is 1. The molecule has 2 fully saturated rings. The predicted molar refractivity (Wildman–Crippen MR) is 115 cm³/mol. The second-order valence-corrected chi connectivity index (χ2v) is 9.78. The zero-order valence-corrected chi connectivity index (χ0v) is 17.9. The highest BCUT2D eigenvalue weighted by molar-refractivity contribution is 5.76. The molecule has 2 aliphatic rings. The number of amides is 2. The van der Waals surface area contributed by atoms with Crippen molar-refractivity contribution in [2.45, 2.75) is 58.9 Å². The van der Waals surface area contributed by atoms with Crippen LogP contribution >= 0.6 is 0 Å². The van der Waals surface area contributed by atoms with Crippen molar-refractivity contribution >= 4 is 17.7 Å². The normalized spacial score (nSPS) is 23.8. The van der Waals surface area contributed by atoms with Crippen molar-refractivity contribution in [3.8, 4) is 0 Å². The number of hydrogen-bond donors (Lipinski definition) is 2. The number of rotatable bonds is 4. The van der Waals surface area contributed by atoms with E-state index in [4.69, 9.17) is 5.73 Å². The van der Waals surface area contributed by atoms with Crippen LogP contribution in [0.1, 0.15) is 52.0 Å². The molecule has 2 amide bonds. The van der Waals surface area contributed by atoms with Gasteiger partial charge in [0.05, 0.1) is 6.42 Å². The summed E-state index contributed by atoms with van der Waals surface area (Å²) in [6.07, 6.45) is 3.74. The molecule has 3 N–H and O–H groups in total. The molecule has 2 aliphatic heterocycles. The Balaban J connectivity index is 1.70. The van der Waals surface area contributed by atoms with Gasteiger partial charge in [0.2, 0.25) is 5.91 Å². The first-order valence-electron chi connectivity index (χ1n) is 10.8. The molecular formula is C23H35N3O3. The van der Waals surface area contributed by atoms with E-state index < -0.39 is 6.09 Å². The van der Waals surface area contributed by atoms with E-state index in [0.29, 0.717) is 31.0 Å². The molecule has 2 heterocycles. The van der Waals surface area contributed by atoms with Gasteiger partial charge in [-0.1, -0.05) is 32.9 Å². The topological polar surface area (TPSA) is 86.9 Å². The summed E-state index contributed by atoms with van der Waals surface area (Å²) in [5.41, 5.74) is 7.61. The molecule has 160 valence electrons. The Morgan fingerprint density at radius 1 is 1.03 bits per heavy atom. The number of carbonyl (C=O) groups excluding carboxylic acids is 1. The number of piperidine rings is 2. The molecule has 2 unspecified atom stereocenters. The van der Waals surface area contributed by atoms with Crippen molar-refractivity contribution in [3.05, 3.63) is 29.8 Å². The van der Waals surface area contributed by atoms with Crippen molar-refractivity contribution in [2.75, 3.05) is 24.5 Å². The second kappa shape index (κ2) is 8.64. The zero-order chi connectivity index (χ0) is 21.2. The quantitative estimate of drug-likeness (QED) is 0.805. The molecule has 1 aromatic carbocycles. The fourth-order valence-electron chi connectivity index (χ4n) is 5.12. The average Bonchev–Trinajstić information content (AvgIpc) is 2.67. The molecule has 6 nitrogen and oxygen atoms in total. The van der Waals surface area contributed by atoms with E-state index in [1.165, 1.54) is 5.69 Å². The van der Waals surface area contributed by atoms with E-state index in [1.54, 1.807) is 4.90 Å². The Labute approximate surface area is 174 Å². The third-order valence-electron chi connectivity index (χ3n) is 6.77. The van der Waals surface area contributed by atoms with Crippen LogP contribution < -0.4 is 10.6 Å². The number of anilines is 1. The zero-order valence-electron chi connectivity index (χ0n) is 17.9. The molecule has 0 radical (unpaired) electrons. The lowest BCUT2D eigenvalue weighted by Crippen LogP contribution is -2.51. The molecule has 0 aliphatic carbocycles. The number of nitrogens with zero attached hydrogens (tertiary/aromatic N) is 2. The Bertz CT molecular complexity index is 718. The smallest absolute Gasteiger partial charge is 0.407 e. The summed E-state index contributed by atoms with van der Waals surface area (Å²) < 4.78 is 0. The molecule has 29 heavy (non-hydrogen) atoms. The fourth-order valence-corrected chi connectivity index (χ4v) is 5.12. The SMILES string of the molecule is CC(C)(C)C1CC(C2CCN(C(=O)O)CC2)CCN1c1ccc(CC(N)=O)cc1. The summed E-state index contributed by atoms with van der Waals surface area (Å²) in [6.45, 7) is 9.27. The molecule has 1 aromatic rings. The fraction of sp³-hybridized carbons (Fsp3) is 0.652. The van der Waals surface area contributed by atoms with Gasteiger partial charge in [0.1, 0.15) is 0 Å². The molecular weight excluding hydrogens is 366 g/mol. The van der Waals surface area contributed by atoms with E-state index in [1.807, 2.05) is 12.1 Å². The number of carboxylic acid groups (broad SMARTS) is 1. The Kier molecular flexibility index (Phi) is 6.39. The van der Waals surface area contributed by atoms with Crippen molar-refractivity contribution in [1.82, 2.24) is 4.90 Å². The van der Waals surface area contributed by atoms with Crippen LogP contribution in [0.5, 0.6) is 0 Å². The largest absolute Gasteiger partial charge is 0.465 e. The highest BCUT2D eigenvalue weighted by atomic mass is 16.4. The summed E-state index contributed by atoms with van der Waals surface area (Å²) in [6, 6.07) is 8.67. The van der Waals surface area contributed by atoms with E-state index in [9.17, 15) is 14.7 Å². The predicted octanol–water partition coefficient (Wildman–Crippen LogP) is 3.74. The maximum absolute atomic E-state index is 11.2. The molecule has 2 atom stereocenters. The lowest BCUT2D eigenvalue weighted by atomic mass is 9.71. The number of carbonyl (C=O) groups is 2. The summed E-state index contributed by atoms with van der Waals surface area (Å²) in [4.78, 5) is 26.4. The van der Waals surface area contributed by atoms with Crippen LogP contribution in [-0.4, -0.2) is 47.7 Å². The van der Waals surface area contributed by atoms with Gasteiger partial charge < -0.3 is 20.6 Å². The molecule has 0 spiro atoms. The minimum Gasteiger partial charge on any atom is -0.465 e. The van der Waals surface area contributed by atoms with Crippen LogP contribution in [0.2, 0.25) is 0 Å². The first kappa shape index (κ1) is 21.5. The van der Waals surface area contributed by atoms with Gasteiger partial charge in [0.25, 0.3) is 0 Å². The lowest BCUT2D eigenvalue weighted by molar-refractivity contribution is -0.117. The monoisotopic (exact) mass is 401 g/mol. The van der Waals surface area contributed by atoms with E-state index in [0.717, 1.165) is 37.8 Å². The molecule has 2 saturated heterocycles.